The predicted octanol–water partition coefficient (Wildman–Crippen LogP) is 2.67. The van der Waals surface area contributed by atoms with Crippen LogP contribution >= 0.6 is 0 Å². The molecule has 2 fully saturated rings. The molecule has 24 heavy (non-hydrogen) atoms. The third kappa shape index (κ3) is 4.49. The van der Waals surface area contributed by atoms with Gasteiger partial charge in [-0.25, -0.2) is 4.79 Å². The number of nitrogens with one attached hydrogen (secondary N) is 2. The summed E-state index contributed by atoms with van der Waals surface area (Å²) in [4.78, 5) is 26.4. The van der Waals surface area contributed by atoms with Crippen molar-refractivity contribution in [2.24, 2.45) is 5.92 Å². The molecule has 2 N–H and O–H groups in total. The minimum atomic E-state index is 0.0178. The first-order chi connectivity index (χ1) is 11.7. The number of hydrogen-bond acceptors (Lipinski definition) is 2. The Morgan fingerprint density at radius 1 is 1.00 bits per heavy atom. The molecule has 1 aliphatic carbocycles. The number of piperidine rings is 1. The summed E-state index contributed by atoms with van der Waals surface area (Å²) < 4.78 is 0. The third-order valence-corrected chi connectivity index (χ3v) is 5.15. The molecule has 1 aromatic carbocycles. The molecule has 0 unspecified atom stereocenters. The molecule has 3 amide bonds. The van der Waals surface area contributed by atoms with E-state index < -0.39 is 0 Å². The second-order valence-electron chi connectivity index (χ2n) is 6.90. The summed E-state index contributed by atoms with van der Waals surface area (Å²) in [5, 5.41) is 6.14. The van der Waals surface area contributed by atoms with Crippen molar-refractivity contribution >= 4 is 11.9 Å². The Morgan fingerprint density at radius 3 is 2.33 bits per heavy atom. The van der Waals surface area contributed by atoms with Crippen molar-refractivity contribution in [3.8, 4) is 0 Å². The van der Waals surface area contributed by atoms with E-state index in [1.807, 2.05) is 35.2 Å². The van der Waals surface area contributed by atoms with Crippen LogP contribution < -0.4 is 10.6 Å². The van der Waals surface area contributed by atoms with Crippen LogP contribution in [0.3, 0.4) is 0 Å². The maximum absolute atomic E-state index is 12.3. The SMILES string of the molecule is O=C(NCc1ccccc1)C1CCN(C(=O)NC2CCCC2)CC1. The van der Waals surface area contributed by atoms with E-state index in [1.54, 1.807) is 0 Å². The average Bonchev–Trinajstić information content (AvgIpc) is 3.13. The molecule has 5 heteroatoms. The molecule has 0 bridgehead atoms. The smallest absolute Gasteiger partial charge is 0.317 e. The second kappa shape index (κ2) is 8.18. The predicted molar refractivity (Wildman–Crippen MR) is 93.4 cm³/mol. The molecule has 0 aromatic heterocycles. The number of urea groups is 1. The van der Waals surface area contributed by atoms with Crippen molar-refractivity contribution in [3.63, 3.8) is 0 Å². The zero-order chi connectivity index (χ0) is 16.8. The van der Waals surface area contributed by atoms with Gasteiger partial charge in [-0.15, -0.1) is 0 Å². The topological polar surface area (TPSA) is 61.4 Å². The minimum Gasteiger partial charge on any atom is -0.352 e. The summed E-state index contributed by atoms with van der Waals surface area (Å²) in [5.74, 6) is 0.124. The van der Waals surface area contributed by atoms with Crippen LogP contribution in [-0.2, 0) is 11.3 Å². The summed E-state index contributed by atoms with van der Waals surface area (Å²) in [7, 11) is 0. The van der Waals surface area contributed by atoms with Crippen LogP contribution in [0.15, 0.2) is 30.3 Å². The molecule has 1 saturated carbocycles. The number of carbonyl (C=O) groups is 2. The quantitative estimate of drug-likeness (QED) is 0.892. The van der Waals surface area contributed by atoms with Gasteiger partial charge in [-0.05, 0) is 31.2 Å². The highest BCUT2D eigenvalue weighted by molar-refractivity contribution is 5.79. The molecule has 0 spiro atoms. The number of hydrogen-bond donors (Lipinski definition) is 2. The number of rotatable bonds is 4. The van der Waals surface area contributed by atoms with Crippen LogP contribution in [0, 0.1) is 5.92 Å². The van der Waals surface area contributed by atoms with E-state index in [2.05, 4.69) is 10.6 Å². The van der Waals surface area contributed by atoms with Crippen molar-refractivity contribution in [2.45, 2.75) is 51.1 Å². The largest absolute Gasteiger partial charge is 0.352 e. The van der Waals surface area contributed by atoms with Crippen LogP contribution in [0.2, 0.25) is 0 Å². The van der Waals surface area contributed by atoms with E-state index in [9.17, 15) is 9.59 Å². The van der Waals surface area contributed by atoms with Gasteiger partial charge in [0.15, 0.2) is 0 Å². The highest BCUT2D eigenvalue weighted by Crippen LogP contribution is 2.20. The summed E-state index contributed by atoms with van der Waals surface area (Å²) in [6.07, 6.45) is 6.13. The van der Waals surface area contributed by atoms with Crippen LogP contribution in [0.25, 0.3) is 0 Å². The Kier molecular flexibility index (Phi) is 5.72. The molecular weight excluding hydrogens is 302 g/mol. The molecule has 1 aromatic rings. The highest BCUT2D eigenvalue weighted by atomic mass is 16.2. The van der Waals surface area contributed by atoms with Crippen molar-refractivity contribution < 1.29 is 9.59 Å². The monoisotopic (exact) mass is 329 g/mol. The zero-order valence-electron chi connectivity index (χ0n) is 14.2. The first-order valence-electron chi connectivity index (χ1n) is 9.09. The fourth-order valence-corrected chi connectivity index (χ4v) is 3.61. The molecule has 0 atom stereocenters. The van der Waals surface area contributed by atoms with Gasteiger partial charge in [-0.3, -0.25) is 4.79 Å². The number of amides is 3. The Balaban J connectivity index is 1.39. The number of nitrogens with zero attached hydrogens (tertiary/aromatic N) is 1. The molecule has 5 nitrogen and oxygen atoms in total. The van der Waals surface area contributed by atoms with E-state index in [0.29, 0.717) is 25.7 Å². The third-order valence-electron chi connectivity index (χ3n) is 5.15. The Labute approximate surface area is 143 Å². The Bertz CT molecular complexity index is 547. The second-order valence-corrected chi connectivity index (χ2v) is 6.90. The molecule has 1 aliphatic heterocycles. The molecule has 130 valence electrons. The van der Waals surface area contributed by atoms with E-state index in [0.717, 1.165) is 31.2 Å². The van der Waals surface area contributed by atoms with Gasteiger partial charge in [0, 0.05) is 31.6 Å². The van der Waals surface area contributed by atoms with Gasteiger partial charge >= 0.3 is 6.03 Å². The molecular formula is C19H27N3O2. The Morgan fingerprint density at radius 2 is 1.67 bits per heavy atom. The fourth-order valence-electron chi connectivity index (χ4n) is 3.61. The first-order valence-corrected chi connectivity index (χ1v) is 9.09. The average molecular weight is 329 g/mol. The van der Waals surface area contributed by atoms with Gasteiger partial charge in [0.1, 0.15) is 0 Å². The number of benzene rings is 1. The van der Waals surface area contributed by atoms with Gasteiger partial charge in [-0.1, -0.05) is 43.2 Å². The maximum atomic E-state index is 12.3. The molecule has 2 aliphatic rings. The standard InChI is InChI=1S/C19H27N3O2/c23-18(20-14-15-6-2-1-3-7-15)16-10-12-22(13-11-16)19(24)21-17-8-4-5-9-17/h1-3,6-7,16-17H,4-5,8-14H2,(H,20,23)(H,21,24). The zero-order valence-corrected chi connectivity index (χ0v) is 14.2. The summed E-state index contributed by atoms with van der Waals surface area (Å²) in [6, 6.07) is 10.3. The van der Waals surface area contributed by atoms with E-state index in [1.165, 1.54) is 12.8 Å². The van der Waals surface area contributed by atoms with Crippen LogP contribution in [0.4, 0.5) is 4.79 Å². The van der Waals surface area contributed by atoms with Gasteiger partial charge in [0.2, 0.25) is 5.91 Å². The van der Waals surface area contributed by atoms with Gasteiger partial charge in [-0.2, -0.15) is 0 Å². The first kappa shape index (κ1) is 16.8. The van der Waals surface area contributed by atoms with Crippen molar-refractivity contribution in [1.29, 1.82) is 0 Å². The van der Waals surface area contributed by atoms with E-state index in [-0.39, 0.29) is 17.9 Å². The minimum absolute atomic E-state index is 0.0178. The number of carbonyl (C=O) groups excluding carboxylic acids is 2. The van der Waals surface area contributed by atoms with Gasteiger partial charge in [0.05, 0.1) is 0 Å². The maximum Gasteiger partial charge on any atom is 0.317 e. The Hall–Kier alpha value is -2.04. The molecule has 3 rings (SSSR count). The lowest BCUT2D eigenvalue weighted by Crippen LogP contribution is -2.48. The van der Waals surface area contributed by atoms with Crippen molar-refractivity contribution in [2.75, 3.05) is 13.1 Å². The normalized spacial score (nSPS) is 19.2. The van der Waals surface area contributed by atoms with Crippen LogP contribution in [0.5, 0.6) is 0 Å². The van der Waals surface area contributed by atoms with Crippen LogP contribution in [0.1, 0.15) is 44.1 Å². The van der Waals surface area contributed by atoms with Gasteiger partial charge in [0.25, 0.3) is 0 Å². The lowest BCUT2D eigenvalue weighted by Gasteiger charge is -2.32. The fraction of sp³-hybridized carbons (Fsp3) is 0.579. The van der Waals surface area contributed by atoms with Crippen molar-refractivity contribution in [1.82, 2.24) is 15.5 Å². The van der Waals surface area contributed by atoms with E-state index >= 15 is 0 Å². The van der Waals surface area contributed by atoms with Crippen LogP contribution in [-0.4, -0.2) is 36.0 Å². The van der Waals surface area contributed by atoms with Gasteiger partial charge < -0.3 is 15.5 Å². The summed E-state index contributed by atoms with van der Waals surface area (Å²) in [5.41, 5.74) is 1.11. The molecule has 1 saturated heterocycles. The lowest BCUT2D eigenvalue weighted by molar-refractivity contribution is -0.126. The summed E-state index contributed by atoms with van der Waals surface area (Å²) >= 11 is 0. The molecule has 0 radical (unpaired) electrons. The summed E-state index contributed by atoms with van der Waals surface area (Å²) in [6.45, 7) is 1.91. The lowest BCUT2D eigenvalue weighted by atomic mass is 9.96. The highest BCUT2D eigenvalue weighted by Gasteiger charge is 2.28. The van der Waals surface area contributed by atoms with Crippen molar-refractivity contribution in [3.05, 3.63) is 35.9 Å². The molecule has 1 heterocycles. The number of likely N-dealkylation sites (tertiary alicyclic amines) is 1. The van der Waals surface area contributed by atoms with E-state index in [4.69, 9.17) is 0 Å².